The molecule has 0 saturated carbocycles. The minimum Gasteiger partial charge on any atom is -0.484 e. The van der Waals surface area contributed by atoms with Gasteiger partial charge in [0.05, 0.1) is 0 Å². The summed E-state index contributed by atoms with van der Waals surface area (Å²) < 4.78 is 5.91. The Kier molecular flexibility index (Phi) is 10.4. The number of hydrogen-bond acceptors (Lipinski definition) is 3. The Morgan fingerprint density at radius 2 is 1.61 bits per heavy atom. The normalized spacial score (nSPS) is 12.9. The van der Waals surface area contributed by atoms with Crippen LogP contribution in [0.5, 0.6) is 5.75 Å². The molecule has 2 atom stereocenters. The molecule has 2 amide bonds. The molecule has 0 fully saturated rings. The summed E-state index contributed by atoms with van der Waals surface area (Å²) in [6, 6.07) is 24.2. The summed E-state index contributed by atoms with van der Waals surface area (Å²) in [6.07, 6.45) is 1.18. The van der Waals surface area contributed by atoms with E-state index in [1.807, 2.05) is 86.6 Å². The first kappa shape index (κ1) is 29.2. The Hall–Kier alpha value is -3.31. The van der Waals surface area contributed by atoms with Gasteiger partial charge in [0.2, 0.25) is 5.91 Å². The van der Waals surface area contributed by atoms with Crippen molar-refractivity contribution in [2.75, 3.05) is 6.61 Å². The summed E-state index contributed by atoms with van der Waals surface area (Å²) in [5.74, 6) is 0.149. The minimum atomic E-state index is -0.718. The van der Waals surface area contributed by atoms with Gasteiger partial charge in [-0.25, -0.2) is 0 Å². The lowest BCUT2D eigenvalue weighted by atomic mass is 9.87. The largest absolute Gasteiger partial charge is 0.484 e. The van der Waals surface area contributed by atoms with Crippen LogP contribution in [0.15, 0.2) is 78.9 Å². The van der Waals surface area contributed by atoms with Crippen molar-refractivity contribution in [2.45, 2.75) is 71.5 Å². The Morgan fingerprint density at radius 1 is 0.947 bits per heavy atom. The molecule has 0 saturated heterocycles. The topological polar surface area (TPSA) is 58.6 Å². The van der Waals surface area contributed by atoms with Gasteiger partial charge in [-0.3, -0.25) is 9.59 Å². The molecule has 0 aliphatic heterocycles. The molecule has 3 aromatic rings. The molecule has 0 radical (unpaired) electrons. The lowest BCUT2D eigenvalue weighted by Gasteiger charge is -2.32. The number of carbonyl (C=O) groups excluding carboxylic acids is 2. The predicted molar refractivity (Wildman–Crippen MR) is 154 cm³/mol. The Morgan fingerprint density at radius 3 is 2.21 bits per heavy atom. The van der Waals surface area contributed by atoms with Gasteiger partial charge in [-0.15, -0.1) is 0 Å². The molecule has 0 heterocycles. The number of amides is 2. The number of carbonyl (C=O) groups is 2. The summed E-state index contributed by atoms with van der Waals surface area (Å²) in [4.78, 5) is 28.9. The second-order valence-corrected chi connectivity index (χ2v) is 11.2. The number of nitrogens with one attached hydrogen (secondary N) is 1. The zero-order chi connectivity index (χ0) is 27.7. The molecule has 3 aromatic carbocycles. The number of ether oxygens (including phenoxy) is 1. The van der Waals surface area contributed by atoms with Crippen molar-refractivity contribution in [2.24, 2.45) is 0 Å². The van der Waals surface area contributed by atoms with Gasteiger partial charge in [0.15, 0.2) is 6.61 Å². The van der Waals surface area contributed by atoms with E-state index in [1.54, 1.807) is 11.0 Å². The quantitative estimate of drug-likeness (QED) is 0.302. The van der Waals surface area contributed by atoms with Crippen LogP contribution in [0.2, 0.25) is 5.02 Å². The van der Waals surface area contributed by atoms with Crippen LogP contribution in [0.25, 0.3) is 0 Å². The third-order valence-corrected chi connectivity index (χ3v) is 6.83. The van der Waals surface area contributed by atoms with Crippen molar-refractivity contribution in [1.82, 2.24) is 10.2 Å². The number of hydrogen-bond donors (Lipinski definition) is 1. The van der Waals surface area contributed by atoms with Crippen molar-refractivity contribution < 1.29 is 14.3 Å². The van der Waals surface area contributed by atoms with Gasteiger partial charge >= 0.3 is 0 Å². The lowest BCUT2D eigenvalue weighted by Crippen LogP contribution is -2.53. The summed E-state index contributed by atoms with van der Waals surface area (Å²) >= 11 is 6.25. The highest BCUT2D eigenvalue weighted by molar-refractivity contribution is 6.30. The van der Waals surface area contributed by atoms with E-state index in [9.17, 15) is 9.59 Å². The molecule has 5 nitrogen and oxygen atoms in total. The van der Waals surface area contributed by atoms with Crippen LogP contribution >= 0.6 is 11.6 Å². The van der Waals surface area contributed by atoms with Crippen LogP contribution in [-0.4, -0.2) is 35.4 Å². The molecule has 3 rings (SSSR count). The van der Waals surface area contributed by atoms with E-state index in [-0.39, 0.29) is 36.4 Å². The van der Waals surface area contributed by atoms with Gasteiger partial charge in [-0.05, 0) is 59.7 Å². The molecule has 0 aromatic heterocycles. The fourth-order valence-corrected chi connectivity index (χ4v) is 4.32. The molecular formula is C32H39ClN2O3. The average molecular weight is 535 g/mol. The highest BCUT2D eigenvalue weighted by Gasteiger charge is 2.31. The molecule has 0 unspecified atom stereocenters. The molecule has 1 N–H and O–H groups in total. The van der Waals surface area contributed by atoms with Gasteiger partial charge in [0.1, 0.15) is 11.8 Å². The monoisotopic (exact) mass is 534 g/mol. The summed E-state index contributed by atoms with van der Waals surface area (Å²) in [6.45, 7) is 10.5. The van der Waals surface area contributed by atoms with Crippen molar-refractivity contribution in [3.63, 3.8) is 0 Å². The first-order valence-corrected chi connectivity index (χ1v) is 13.6. The number of nitrogens with zero attached hydrogens (tertiary/aromatic N) is 1. The third-order valence-electron chi connectivity index (χ3n) is 6.60. The predicted octanol–water partition coefficient (Wildman–Crippen LogP) is 6.57. The van der Waals surface area contributed by atoms with Crippen LogP contribution in [0.3, 0.4) is 0 Å². The Bertz CT molecular complexity index is 1190. The van der Waals surface area contributed by atoms with Crippen molar-refractivity contribution >= 4 is 23.4 Å². The standard InChI is InChI=1S/C32H39ClN2O3/c1-6-23(2)34-31(37)29(20-24-11-8-7-9-12-24)35(21-25-13-10-14-27(33)19-25)30(36)22-38-28-17-15-26(16-18-28)32(3,4)5/h7-19,23,29H,6,20-22H2,1-5H3,(H,34,37)/t23-,29+/m0/s1. The van der Waals surface area contributed by atoms with Crippen molar-refractivity contribution in [3.8, 4) is 5.75 Å². The molecule has 202 valence electrons. The third kappa shape index (κ3) is 8.63. The van der Waals surface area contributed by atoms with Crippen molar-refractivity contribution in [1.29, 1.82) is 0 Å². The number of benzene rings is 3. The maximum atomic E-state index is 13.7. The van der Waals surface area contributed by atoms with E-state index >= 15 is 0 Å². The number of rotatable bonds is 11. The maximum absolute atomic E-state index is 13.7. The number of halogens is 1. The fraction of sp³-hybridized carbons (Fsp3) is 0.375. The molecular weight excluding hydrogens is 496 g/mol. The highest BCUT2D eigenvalue weighted by Crippen LogP contribution is 2.24. The molecule has 38 heavy (non-hydrogen) atoms. The van der Waals surface area contributed by atoms with Crippen LogP contribution in [-0.2, 0) is 28.0 Å². The van der Waals surface area contributed by atoms with Crippen LogP contribution in [0.1, 0.15) is 57.7 Å². The fourth-order valence-electron chi connectivity index (χ4n) is 4.11. The average Bonchev–Trinajstić information content (AvgIpc) is 2.89. The van der Waals surface area contributed by atoms with Gasteiger partial charge < -0.3 is 15.0 Å². The first-order valence-electron chi connectivity index (χ1n) is 13.2. The smallest absolute Gasteiger partial charge is 0.261 e. The van der Waals surface area contributed by atoms with Crippen LogP contribution < -0.4 is 10.1 Å². The van der Waals surface area contributed by atoms with E-state index in [0.29, 0.717) is 17.2 Å². The van der Waals surface area contributed by atoms with E-state index in [1.165, 1.54) is 5.56 Å². The van der Waals surface area contributed by atoms with Gasteiger partial charge in [0, 0.05) is 24.0 Å². The minimum absolute atomic E-state index is 0.0125. The molecule has 0 spiro atoms. The lowest BCUT2D eigenvalue weighted by molar-refractivity contribution is -0.143. The van der Waals surface area contributed by atoms with Crippen LogP contribution in [0, 0.1) is 0 Å². The van der Waals surface area contributed by atoms with E-state index in [4.69, 9.17) is 16.3 Å². The summed E-state index contributed by atoms with van der Waals surface area (Å²) in [5, 5.41) is 3.65. The van der Waals surface area contributed by atoms with Crippen molar-refractivity contribution in [3.05, 3.63) is 101 Å². The Balaban J connectivity index is 1.89. The van der Waals surface area contributed by atoms with E-state index in [2.05, 4.69) is 26.1 Å². The zero-order valence-corrected chi connectivity index (χ0v) is 23.8. The molecule has 0 aliphatic rings. The van der Waals surface area contributed by atoms with Gasteiger partial charge in [0.25, 0.3) is 5.91 Å². The molecule has 6 heteroatoms. The summed E-state index contributed by atoms with van der Waals surface area (Å²) in [7, 11) is 0. The SMILES string of the molecule is CC[C@H](C)NC(=O)[C@@H](Cc1ccccc1)N(Cc1cccc(Cl)c1)C(=O)COc1ccc(C(C)(C)C)cc1. The van der Waals surface area contributed by atoms with E-state index < -0.39 is 6.04 Å². The molecule has 0 aliphatic carbocycles. The Labute approximate surface area is 232 Å². The second-order valence-electron chi connectivity index (χ2n) is 10.7. The first-order chi connectivity index (χ1) is 18.1. The maximum Gasteiger partial charge on any atom is 0.261 e. The van der Waals surface area contributed by atoms with Crippen LogP contribution in [0.4, 0.5) is 0 Å². The van der Waals surface area contributed by atoms with E-state index in [0.717, 1.165) is 17.5 Å². The molecule has 0 bridgehead atoms. The van der Waals surface area contributed by atoms with Gasteiger partial charge in [-0.1, -0.05) is 93.9 Å². The second kappa shape index (κ2) is 13.5. The highest BCUT2D eigenvalue weighted by atomic mass is 35.5. The van der Waals surface area contributed by atoms with Gasteiger partial charge in [-0.2, -0.15) is 0 Å². The summed E-state index contributed by atoms with van der Waals surface area (Å²) in [5.41, 5.74) is 3.02. The zero-order valence-electron chi connectivity index (χ0n) is 23.0.